The Bertz CT molecular complexity index is 306. The molecule has 0 amide bonds. The van der Waals surface area contributed by atoms with E-state index in [0.717, 1.165) is 25.7 Å². The molecule has 2 bridgehead atoms. The summed E-state index contributed by atoms with van der Waals surface area (Å²) >= 11 is 0. The molecule has 2 aliphatic heterocycles. The molecule has 0 aromatic carbocycles. The van der Waals surface area contributed by atoms with E-state index in [0.29, 0.717) is 0 Å². The molecule has 0 spiro atoms. The van der Waals surface area contributed by atoms with Crippen LogP contribution in [0.15, 0.2) is 0 Å². The standard InChI is InChI=1S/C17H26N2/c1-2-7-13-19-15-9-4-3-8-14-18(12-6-1)16-10-5-11-17-19/h5-17H2/p+2. The fraction of sp³-hybridized carbons (Fsp3) is 0.765. The van der Waals surface area contributed by atoms with E-state index in [1.807, 2.05) is 0 Å². The first-order valence-electron chi connectivity index (χ1n) is 8.04. The summed E-state index contributed by atoms with van der Waals surface area (Å²) in [4.78, 5) is 3.43. The van der Waals surface area contributed by atoms with Crippen molar-refractivity contribution in [2.45, 2.75) is 44.9 Å². The highest BCUT2D eigenvalue weighted by atomic mass is 15.1. The monoisotopic (exact) mass is 260 g/mol. The van der Waals surface area contributed by atoms with Crippen molar-refractivity contribution in [1.29, 1.82) is 0 Å². The van der Waals surface area contributed by atoms with Crippen LogP contribution >= 0.6 is 0 Å². The third-order valence-corrected chi connectivity index (χ3v) is 4.22. The van der Waals surface area contributed by atoms with Crippen LogP contribution < -0.4 is 9.80 Å². The fourth-order valence-electron chi connectivity index (χ4n) is 2.99. The molecule has 19 heavy (non-hydrogen) atoms. The van der Waals surface area contributed by atoms with Crippen LogP contribution in [0.2, 0.25) is 0 Å². The Balaban J connectivity index is 2.02. The maximum Gasteiger partial charge on any atom is 0.0882 e. The first-order valence-corrected chi connectivity index (χ1v) is 8.04. The molecule has 2 rings (SSSR count). The highest BCUT2D eigenvalue weighted by Gasteiger charge is 2.10. The predicted octanol–water partition coefficient (Wildman–Crippen LogP) is -0.479. The number of nitrogens with one attached hydrogen (secondary N) is 2. The molecule has 0 aliphatic carbocycles. The van der Waals surface area contributed by atoms with Gasteiger partial charge < -0.3 is 9.80 Å². The quantitative estimate of drug-likeness (QED) is 0.545. The summed E-state index contributed by atoms with van der Waals surface area (Å²) in [5, 5.41) is 0. The first-order chi connectivity index (χ1) is 9.45. The molecule has 2 N–H and O–H groups in total. The Hall–Kier alpha value is -0.960. The average Bonchev–Trinajstić information content (AvgIpc) is 2.46. The van der Waals surface area contributed by atoms with Gasteiger partial charge in [0.15, 0.2) is 0 Å². The largest absolute Gasteiger partial charge is 0.333 e. The van der Waals surface area contributed by atoms with Crippen molar-refractivity contribution in [2.75, 3.05) is 39.3 Å². The normalized spacial score (nSPS) is 29.5. The van der Waals surface area contributed by atoms with Crippen LogP contribution in [0.1, 0.15) is 44.9 Å². The summed E-state index contributed by atoms with van der Waals surface area (Å²) in [5.74, 6) is 13.5. The van der Waals surface area contributed by atoms with Gasteiger partial charge in [-0.1, -0.05) is 23.7 Å². The molecule has 2 aliphatic rings. The molecule has 0 saturated heterocycles. The third kappa shape index (κ3) is 6.15. The number of quaternary nitrogens is 2. The maximum absolute atomic E-state index is 3.37. The zero-order chi connectivity index (χ0) is 13.2. The van der Waals surface area contributed by atoms with Gasteiger partial charge >= 0.3 is 0 Å². The van der Waals surface area contributed by atoms with Crippen molar-refractivity contribution in [3.8, 4) is 23.7 Å². The fourth-order valence-corrected chi connectivity index (χ4v) is 2.99. The Morgan fingerprint density at radius 1 is 0.421 bits per heavy atom. The molecule has 2 nitrogen and oxygen atoms in total. The van der Waals surface area contributed by atoms with Gasteiger partial charge in [-0.05, 0) is 19.3 Å². The Labute approximate surface area is 118 Å². The molecule has 2 heterocycles. The molecule has 0 saturated carbocycles. The Kier molecular flexibility index (Phi) is 6.86. The molecule has 0 aromatic rings. The summed E-state index contributed by atoms with van der Waals surface area (Å²) in [7, 11) is 0. The Morgan fingerprint density at radius 2 is 0.789 bits per heavy atom. The van der Waals surface area contributed by atoms with E-state index in [1.165, 1.54) is 58.5 Å². The van der Waals surface area contributed by atoms with Crippen LogP contribution in [-0.4, -0.2) is 39.3 Å². The van der Waals surface area contributed by atoms with Crippen molar-refractivity contribution in [3.05, 3.63) is 0 Å². The minimum atomic E-state index is 1.07. The van der Waals surface area contributed by atoms with Gasteiger partial charge in [-0.25, -0.2) is 0 Å². The van der Waals surface area contributed by atoms with E-state index >= 15 is 0 Å². The molecule has 0 aromatic heterocycles. The number of hydrogen-bond acceptors (Lipinski definition) is 0. The van der Waals surface area contributed by atoms with Crippen LogP contribution in [0.3, 0.4) is 0 Å². The lowest BCUT2D eigenvalue weighted by Crippen LogP contribution is -3.12. The molecule has 0 atom stereocenters. The number of hydrogen-bond donors (Lipinski definition) is 2. The van der Waals surface area contributed by atoms with Gasteiger partial charge in [-0.2, -0.15) is 0 Å². The summed E-state index contributed by atoms with van der Waals surface area (Å²) in [5.41, 5.74) is 0. The lowest BCUT2D eigenvalue weighted by Gasteiger charge is -2.18. The summed E-state index contributed by atoms with van der Waals surface area (Å²) in [6.45, 7) is 7.49. The van der Waals surface area contributed by atoms with E-state index in [2.05, 4.69) is 23.7 Å². The van der Waals surface area contributed by atoms with Crippen molar-refractivity contribution in [3.63, 3.8) is 0 Å². The van der Waals surface area contributed by atoms with Gasteiger partial charge in [0.25, 0.3) is 0 Å². The van der Waals surface area contributed by atoms with E-state index in [-0.39, 0.29) is 0 Å². The molecule has 0 unspecified atom stereocenters. The van der Waals surface area contributed by atoms with E-state index in [1.54, 1.807) is 9.80 Å². The van der Waals surface area contributed by atoms with E-state index in [9.17, 15) is 0 Å². The van der Waals surface area contributed by atoms with E-state index < -0.39 is 0 Å². The lowest BCUT2D eigenvalue weighted by molar-refractivity contribution is -0.901. The smallest absolute Gasteiger partial charge is 0.0882 e. The molecule has 104 valence electrons. The highest BCUT2D eigenvalue weighted by Crippen LogP contribution is 1.91. The van der Waals surface area contributed by atoms with Crippen molar-refractivity contribution in [2.24, 2.45) is 0 Å². The maximum atomic E-state index is 3.37. The highest BCUT2D eigenvalue weighted by molar-refractivity contribution is 4.99. The molecular formula is C17H28N2+2. The zero-order valence-electron chi connectivity index (χ0n) is 12.2. The Morgan fingerprint density at radius 3 is 1.16 bits per heavy atom. The van der Waals surface area contributed by atoms with Crippen LogP contribution in [-0.2, 0) is 0 Å². The summed E-state index contributed by atoms with van der Waals surface area (Å²) in [6, 6.07) is 0. The summed E-state index contributed by atoms with van der Waals surface area (Å²) < 4.78 is 0. The predicted molar refractivity (Wildman–Crippen MR) is 79.0 cm³/mol. The minimum Gasteiger partial charge on any atom is -0.333 e. The van der Waals surface area contributed by atoms with Gasteiger partial charge in [0.1, 0.15) is 0 Å². The minimum absolute atomic E-state index is 1.07. The third-order valence-electron chi connectivity index (χ3n) is 4.22. The van der Waals surface area contributed by atoms with Crippen LogP contribution in [0.25, 0.3) is 0 Å². The van der Waals surface area contributed by atoms with Crippen LogP contribution in [0.4, 0.5) is 0 Å². The second kappa shape index (κ2) is 9.03. The first kappa shape index (κ1) is 14.4. The van der Waals surface area contributed by atoms with Crippen LogP contribution in [0, 0.1) is 23.7 Å². The van der Waals surface area contributed by atoms with Gasteiger partial charge in [0.05, 0.1) is 65.0 Å². The number of rotatable bonds is 0. The van der Waals surface area contributed by atoms with Gasteiger partial charge in [0.2, 0.25) is 0 Å². The average molecular weight is 260 g/mol. The zero-order valence-corrected chi connectivity index (χ0v) is 12.2. The second-order valence-electron chi connectivity index (χ2n) is 5.77. The van der Waals surface area contributed by atoms with Crippen LogP contribution in [0.5, 0.6) is 0 Å². The molecule has 0 fully saturated rings. The topological polar surface area (TPSA) is 8.88 Å². The van der Waals surface area contributed by atoms with Crippen molar-refractivity contribution < 1.29 is 9.80 Å². The van der Waals surface area contributed by atoms with Gasteiger partial charge in [-0.3, -0.25) is 0 Å². The van der Waals surface area contributed by atoms with E-state index in [4.69, 9.17) is 0 Å². The van der Waals surface area contributed by atoms with Gasteiger partial charge in [0, 0.05) is 0 Å². The van der Waals surface area contributed by atoms with Gasteiger partial charge in [-0.15, -0.1) is 0 Å². The van der Waals surface area contributed by atoms with Crippen molar-refractivity contribution in [1.82, 2.24) is 0 Å². The lowest BCUT2D eigenvalue weighted by atomic mass is 10.2. The summed E-state index contributed by atoms with van der Waals surface area (Å²) in [6.07, 6.45) is 8.42. The van der Waals surface area contributed by atoms with Crippen molar-refractivity contribution >= 4 is 0 Å². The number of fused-ring (bicyclic) bond motifs is 6. The second-order valence-corrected chi connectivity index (χ2v) is 5.77. The molecule has 2 heteroatoms. The molecule has 0 radical (unpaired) electrons. The molecular weight excluding hydrogens is 232 g/mol. The SMILES string of the molecule is C1#CCC[NH+]2CCC#CCC[NH+](CC1)CCCCC2.